The fraction of sp³-hybridized carbons (Fsp3) is 0.368. The third-order valence-electron chi connectivity index (χ3n) is 3.91. The molecule has 136 valence electrons. The van der Waals surface area contributed by atoms with E-state index >= 15 is 0 Å². The first-order chi connectivity index (χ1) is 11.9. The number of hydrogen-bond donors (Lipinski definition) is 1. The molecule has 2 aromatic carbocycles. The van der Waals surface area contributed by atoms with Crippen molar-refractivity contribution >= 4 is 10.1 Å². The zero-order chi connectivity index (χ0) is 18.3. The van der Waals surface area contributed by atoms with Gasteiger partial charge in [-0.15, -0.1) is 5.75 Å². The van der Waals surface area contributed by atoms with E-state index in [2.05, 4.69) is 6.92 Å². The molecule has 0 aliphatic carbocycles. The molecular weight excluding hydrogens is 363 g/mol. The Hall–Kier alpha value is -1.05. The van der Waals surface area contributed by atoms with Crippen molar-refractivity contribution in [1.82, 2.24) is 0 Å². The molecule has 0 unspecified atom stereocenters. The summed E-state index contributed by atoms with van der Waals surface area (Å²) in [5.74, 6) is 0.737. The third-order valence-corrected chi connectivity index (χ3v) is 4.76. The second-order valence-electron chi connectivity index (χ2n) is 5.99. The molecule has 0 spiro atoms. The second kappa shape index (κ2) is 10.9. The van der Waals surface area contributed by atoms with Gasteiger partial charge in [-0.25, -0.2) is 0 Å². The molecular formula is C19H23NaO5S. The van der Waals surface area contributed by atoms with Crippen LogP contribution >= 0.6 is 0 Å². The van der Waals surface area contributed by atoms with Crippen molar-refractivity contribution < 1.29 is 52.4 Å². The minimum atomic E-state index is -4.27. The van der Waals surface area contributed by atoms with Crippen LogP contribution in [0.4, 0.5) is 0 Å². The molecule has 1 N–H and O–H groups in total. The zero-order valence-electron chi connectivity index (χ0n) is 15.3. The molecule has 0 atom stereocenters. The molecule has 0 amide bonds. The van der Waals surface area contributed by atoms with Gasteiger partial charge in [0.1, 0.15) is 11.5 Å². The number of ether oxygens (including phenoxy) is 1. The van der Waals surface area contributed by atoms with Crippen LogP contribution in [0, 0.1) is 0 Å². The van der Waals surface area contributed by atoms with E-state index in [0.717, 1.165) is 25.7 Å². The van der Waals surface area contributed by atoms with Gasteiger partial charge >= 0.3 is 29.6 Å². The maximum atomic E-state index is 11.4. The monoisotopic (exact) mass is 386 g/mol. The Bertz CT molecular complexity index is 805. The summed E-state index contributed by atoms with van der Waals surface area (Å²) in [6.07, 6.45) is 6.03. The van der Waals surface area contributed by atoms with Crippen LogP contribution in [0.2, 0.25) is 0 Å². The molecule has 0 aromatic heterocycles. The fourth-order valence-electron chi connectivity index (χ4n) is 2.59. The van der Waals surface area contributed by atoms with Gasteiger partial charge < -0.3 is 9.84 Å². The molecule has 0 radical (unpaired) electrons. The van der Waals surface area contributed by atoms with E-state index in [9.17, 15) is 18.1 Å². The predicted molar refractivity (Wildman–Crippen MR) is 94.7 cm³/mol. The van der Waals surface area contributed by atoms with Crippen molar-refractivity contribution in [2.75, 3.05) is 0 Å². The Morgan fingerprint density at radius 3 is 2.42 bits per heavy atom. The van der Waals surface area contributed by atoms with Gasteiger partial charge in [0.25, 0.3) is 10.1 Å². The standard InChI is InChI=1S/C19H24O5S.Na/c1-2-3-4-5-6-8-15-13-18(25(21,22)23)11-12-19(15)24-17-10-7-9-16(20)14-17;/h7,9-14,20H,2-6,8H2,1H3,(H,21,22,23);/q;+1/p-1. The first-order valence-corrected chi connectivity index (χ1v) is 9.89. The normalized spacial score (nSPS) is 11.0. The molecule has 0 aliphatic rings. The van der Waals surface area contributed by atoms with Crippen molar-refractivity contribution in [2.24, 2.45) is 0 Å². The average Bonchev–Trinajstić information content (AvgIpc) is 2.55. The van der Waals surface area contributed by atoms with Crippen molar-refractivity contribution in [2.45, 2.75) is 50.3 Å². The van der Waals surface area contributed by atoms with E-state index in [4.69, 9.17) is 4.74 Å². The minimum absolute atomic E-state index is 0. The summed E-state index contributed by atoms with van der Waals surface area (Å²) < 4.78 is 37.8. The molecule has 7 heteroatoms. The fourth-order valence-corrected chi connectivity index (χ4v) is 3.13. The van der Waals surface area contributed by atoms with Crippen LogP contribution in [0.5, 0.6) is 17.2 Å². The third kappa shape index (κ3) is 7.29. The van der Waals surface area contributed by atoms with Crippen molar-refractivity contribution in [3.63, 3.8) is 0 Å². The maximum Gasteiger partial charge on any atom is 1.00 e. The van der Waals surface area contributed by atoms with Crippen LogP contribution in [-0.2, 0) is 16.5 Å². The molecule has 5 nitrogen and oxygen atoms in total. The summed E-state index contributed by atoms with van der Waals surface area (Å²) >= 11 is 0. The van der Waals surface area contributed by atoms with Gasteiger partial charge in [0.2, 0.25) is 0 Å². The summed E-state index contributed by atoms with van der Waals surface area (Å²) in [6.45, 7) is 2.14. The number of rotatable bonds is 9. The molecule has 26 heavy (non-hydrogen) atoms. The summed E-state index contributed by atoms with van der Waals surface area (Å²) in [4.78, 5) is -0.152. The first kappa shape index (κ1) is 23.0. The van der Waals surface area contributed by atoms with Gasteiger partial charge in [0, 0.05) is 0 Å². The predicted octanol–water partition coefficient (Wildman–Crippen LogP) is 1.32. The van der Waals surface area contributed by atoms with Gasteiger partial charge in [-0.05, 0) is 48.7 Å². The summed E-state index contributed by atoms with van der Waals surface area (Å²) in [5, 5.41) is 11.4. The van der Waals surface area contributed by atoms with Crippen molar-refractivity contribution in [1.29, 1.82) is 0 Å². The largest absolute Gasteiger partial charge is 1.00 e. The Morgan fingerprint density at radius 1 is 1.04 bits per heavy atom. The second-order valence-corrected chi connectivity index (χ2v) is 7.41. The first-order valence-electron chi connectivity index (χ1n) is 8.45. The van der Waals surface area contributed by atoms with E-state index in [1.54, 1.807) is 12.1 Å². The van der Waals surface area contributed by atoms with Gasteiger partial charge in [0.05, 0.1) is 4.90 Å². The number of benzene rings is 2. The molecule has 0 heterocycles. The van der Waals surface area contributed by atoms with E-state index in [-0.39, 0.29) is 40.2 Å². The molecule has 0 bridgehead atoms. The maximum absolute atomic E-state index is 11.4. The van der Waals surface area contributed by atoms with E-state index < -0.39 is 10.1 Å². The van der Waals surface area contributed by atoms with Crippen LogP contribution in [-0.4, -0.2) is 13.0 Å². The molecule has 2 rings (SSSR count). The molecule has 2 aromatic rings. The minimum Gasteiger partial charge on any atom is -0.872 e. The van der Waals surface area contributed by atoms with E-state index in [1.807, 2.05) is 0 Å². The molecule has 0 fully saturated rings. The Kier molecular flexibility index (Phi) is 9.68. The van der Waals surface area contributed by atoms with Gasteiger partial charge in [0.15, 0.2) is 0 Å². The molecule has 0 aliphatic heterocycles. The van der Waals surface area contributed by atoms with Crippen molar-refractivity contribution in [3.05, 3.63) is 48.0 Å². The van der Waals surface area contributed by atoms with Gasteiger partial charge in [-0.1, -0.05) is 44.7 Å². The van der Waals surface area contributed by atoms with Crippen LogP contribution < -0.4 is 39.4 Å². The Labute approximate surface area is 177 Å². The van der Waals surface area contributed by atoms with Gasteiger partial charge in [-0.3, -0.25) is 4.55 Å². The average molecular weight is 386 g/mol. The van der Waals surface area contributed by atoms with Crippen LogP contribution in [0.1, 0.15) is 44.6 Å². The number of aryl methyl sites for hydroxylation is 1. The van der Waals surface area contributed by atoms with Gasteiger partial charge in [-0.2, -0.15) is 8.42 Å². The quantitative estimate of drug-likeness (QED) is 0.399. The molecule has 0 saturated carbocycles. The zero-order valence-corrected chi connectivity index (χ0v) is 18.1. The number of hydrogen-bond acceptors (Lipinski definition) is 4. The van der Waals surface area contributed by atoms with Crippen LogP contribution in [0.25, 0.3) is 0 Å². The topological polar surface area (TPSA) is 86.7 Å². The van der Waals surface area contributed by atoms with E-state index in [0.29, 0.717) is 23.5 Å². The molecule has 0 saturated heterocycles. The Morgan fingerprint density at radius 2 is 1.77 bits per heavy atom. The number of unbranched alkanes of at least 4 members (excludes halogenated alkanes) is 4. The summed E-state index contributed by atoms with van der Waals surface area (Å²) in [7, 11) is -4.27. The smallest absolute Gasteiger partial charge is 0.872 e. The van der Waals surface area contributed by atoms with Crippen molar-refractivity contribution in [3.8, 4) is 17.2 Å². The summed E-state index contributed by atoms with van der Waals surface area (Å²) in [6, 6.07) is 10.3. The Balaban J connectivity index is 0.00000338. The summed E-state index contributed by atoms with van der Waals surface area (Å²) in [5.41, 5.74) is 0.697. The SMILES string of the molecule is CCCCCCCc1cc(S(=O)(=O)O)ccc1Oc1cccc([O-])c1.[Na+]. The van der Waals surface area contributed by atoms with E-state index in [1.165, 1.54) is 36.8 Å². The van der Waals surface area contributed by atoms with Crippen LogP contribution in [0.15, 0.2) is 47.4 Å². The van der Waals surface area contributed by atoms with Crippen LogP contribution in [0.3, 0.4) is 0 Å².